The van der Waals surface area contributed by atoms with Crippen molar-refractivity contribution in [2.45, 2.75) is 58.3 Å². The summed E-state index contributed by atoms with van der Waals surface area (Å²) in [4.78, 5) is 27.2. The fourth-order valence-electron chi connectivity index (χ4n) is 4.97. The number of hydrogen-bond donors (Lipinski definition) is 1. The molecule has 2 aliphatic rings. The topological polar surface area (TPSA) is 57.6 Å². The maximum absolute atomic E-state index is 13.0. The van der Waals surface area contributed by atoms with Crippen LogP contribution in [0, 0.1) is 17.3 Å². The molecule has 4 nitrogen and oxygen atoms in total. The number of aliphatic carboxylic acids is 1. The van der Waals surface area contributed by atoms with Gasteiger partial charge in [0.2, 0.25) is 5.91 Å². The fraction of sp³-hybridized carbons (Fsp3) is 0.636. The number of carboxylic acids is 1. The van der Waals surface area contributed by atoms with E-state index in [1.807, 2.05) is 42.2 Å². The molecule has 1 amide bonds. The van der Waals surface area contributed by atoms with E-state index in [0.717, 1.165) is 25.1 Å². The Kier molecular flexibility index (Phi) is 6.00. The van der Waals surface area contributed by atoms with Gasteiger partial charge in [0.1, 0.15) is 0 Å². The average molecular weight is 357 g/mol. The molecule has 0 aromatic heterocycles. The minimum absolute atomic E-state index is 0.0335. The van der Waals surface area contributed by atoms with E-state index in [1.165, 1.54) is 25.7 Å². The summed E-state index contributed by atoms with van der Waals surface area (Å²) < 4.78 is 0. The molecule has 1 aromatic rings. The molecule has 3 rings (SSSR count). The molecule has 1 saturated carbocycles. The lowest BCUT2D eigenvalue weighted by Gasteiger charge is -2.31. The first-order valence-corrected chi connectivity index (χ1v) is 10.1. The summed E-state index contributed by atoms with van der Waals surface area (Å²) >= 11 is 0. The highest BCUT2D eigenvalue weighted by Gasteiger charge is 2.43. The van der Waals surface area contributed by atoms with Crippen LogP contribution in [0.15, 0.2) is 30.3 Å². The largest absolute Gasteiger partial charge is 0.481 e. The van der Waals surface area contributed by atoms with Crippen LogP contribution in [0.25, 0.3) is 0 Å². The summed E-state index contributed by atoms with van der Waals surface area (Å²) in [6, 6.07) is 9.72. The van der Waals surface area contributed by atoms with Crippen LogP contribution in [0.3, 0.4) is 0 Å². The summed E-state index contributed by atoms with van der Waals surface area (Å²) in [5.41, 5.74) is -0.00717. The van der Waals surface area contributed by atoms with Gasteiger partial charge < -0.3 is 10.0 Å². The Bertz CT molecular complexity index is 616. The van der Waals surface area contributed by atoms with Crippen molar-refractivity contribution in [2.24, 2.45) is 17.3 Å². The normalized spacial score (nSPS) is 24.7. The number of carbonyl (C=O) groups is 2. The van der Waals surface area contributed by atoms with Crippen molar-refractivity contribution in [3.8, 4) is 0 Å². The summed E-state index contributed by atoms with van der Waals surface area (Å²) in [6.45, 7) is 3.66. The monoisotopic (exact) mass is 357 g/mol. The molecular weight excluding hydrogens is 326 g/mol. The van der Waals surface area contributed by atoms with E-state index in [-0.39, 0.29) is 12.3 Å². The van der Waals surface area contributed by atoms with Crippen molar-refractivity contribution < 1.29 is 14.7 Å². The summed E-state index contributed by atoms with van der Waals surface area (Å²) in [6.07, 6.45) is 6.81. The van der Waals surface area contributed by atoms with Gasteiger partial charge in [0, 0.05) is 19.5 Å². The predicted molar refractivity (Wildman–Crippen MR) is 102 cm³/mol. The number of nitrogens with zero attached hydrogens (tertiary/aromatic N) is 1. The molecule has 2 fully saturated rings. The van der Waals surface area contributed by atoms with E-state index in [0.29, 0.717) is 24.7 Å². The van der Waals surface area contributed by atoms with Crippen LogP contribution in [-0.4, -0.2) is 35.0 Å². The molecular formula is C22H31NO3. The lowest BCUT2D eigenvalue weighted by molar-refractivity contribution is -0.154. The Hall–Kier alpha value is -1.84. The molecule has 1 aliphatic carbocycles. The number of carbonyl (C=O) groups excluding carboxylic acids is 1. The predicted octanol–water partition coefficient (Wildman–Crippen LogP) is 4.14. The SMILES string of the molecule is CCCC(CC(=O)N1C[C@H]2CCCC[C@H]2C1)(Cc1ccccc1)C(=O)O. The van der Waals surface area contributed by atoms with Gasteiger partial charge in [-0.3, -0.25) is 9.59 Å². The Morgan fingerprint density at radius 2 is 1.73 bits per heavy atom. The first-order chi connectivity index (χ1) is 12.5. The van der Waals surface area contributed by atoms with Gasteiger partial charge in [-0.25, -0.2) is 0 Å². The highest BCUT2D eigenvalue weighted by atomic mass is 16.4. The Labute approximate surface area is 156 Å². The Morgan fingerprint density at radius 1 is 1.12 bits per heavy atom. The van der Waals surface area contributed by atoms with E-state index in [4.69, 9.17) is 0 Å². The van der Waals surface area contributed by atoms with Crippen LogP contribution in [0.1, 0.15) is 57.4 Å². The number of rotatable bonds is 7. The minimum Gasteiger partial charge on any atom is -0.481 e. The molecule has 1 N–H and O–H groups in total. The van der Waals surface area contributed by atoms with Crippen LogP contribution in [-0.2, 0) is 16.0 Å². The van der Waals surface area contributed by atoms with Crippen LogP contribution in [0.4, 0.5) is 0 Å². The summed E-state index contributed by atoms with van der Waals surface area (Å²) in [5, 5.41) is 10.0. The quantitative estimate of drug-likeness (QED) is 0.798. The number of fused-ring (bicyclic) bond motifs is 1. The Balaban J connectivity index is 1.74. The first-order valence-electron chi connectivity index (χ1n) is 10.1. The molecule has 142 valence electrons. The molecule has 1 unspecified atom stereocenters. The van der Waals surface area contributed by atoms with E-state index >= 15 is 0 Å². The summed E-state index contributed by atoms with van der Waals surface area (Å²) in [7, 11) is 0. The van der Waals surface area contributed by atoms with Crippen molar-refractivity contribution in [1.82, 2.24) is 4.90 Å². The van der Waals surface area contributed by atoms with Crippen molar-refractivity contribution >= 4 is 11.9 Å². The van der Waals surface area contributed by atoms with E-state index in [1.54, 1.807) is 0 Å². The average Bonchev–Trinajstić information content (AvgIpc) is 3.07. The molecule has 4 heteroatoms. The van der Waals surface area contributed by atoms with E-state index in [2.05, 4.69) is 0 Å². The second-order valence-electron chi connectivity index (χ2n) is 8.28. The number of likely N-dealkylation sites (tertiary alicyclic amines) is 1. The zero-order valence-electron chi connectivity index (χ0n) is 15.8. The molecule has 1 saturated heterocycles. The van der Waals surface area contributed by atoms with E-state index < -0.39 is 11.4 Å². The smallest absolute Gasteiger partial charge is 0.310 e. The molecule has 1 aromatic carbocycles. The van der Waals surface area contributed by atoms with Gasteiger partial charge in [0.05, 0.1) is 5.41 Å². The highest BCUT2D eigenvalue weighted by molar-refractivity contribution is 5.85. The molecule has 0 bridgehead atoms. The van der Waals surface area contributed by atoms with Gasteiger partial charge in [-0.2, -0.15) is 0 Å². The number of amides is 1. The van der Waals surface area contributed by atoms with Crippen molar-refractivity contribution in [3.63, 3.8) is 0 Å². The van der Waals surface area contributed by atoms with Crippen molar-refractivity contribution in [1.29, 1.82) is 0 Å². The van der Waals surface area contributed by atoms with Gasteiger partial charge in [-0.15, -0.1) is 0 Å². The third-order valence-electron chi connectivity index (χ3n) is 6.39. The van der Waals surface area contributed by atoms with Gasteiger partial charge in [-0.1, -0.05) is 56.5 Å². The maximum atomic E-state index is 13.0. The van der Waals surface area contributed by atoms with Gasteiger partial charge >= 0.3 is 5.97 Å². The third kappa shape index (κ3) is 4.11. The van der Waals surface area contributed by atoms with Crippen molar-refractivity contribution in [3.05, 3.63) is 35.9 Å². The zero-order valence-corrected chi connectivity index (χ0v) is 15.8. The molecule has 0 radical (unpaired) electrons. The Morgan fingerprint density at radius 3 is 2.27 bits per heavy atom. The maximum Gasteiger partial charge on any atom is 0.310 e. The lowest BCUT2D eigenvalue weighted by atomic mass is 9.75. The molecule has 0 spiro atoms. The molecule has 26 heavy (non-hydrogen) atoms. The van der Waals surface area contributed by atoms with Gasteiger partial charge in [-0.05, 0) is 43.1 Å². The third-order valence-corrected chi connectivity index (χ3v) is 6.39. The minimum atomic E-state index is -0.999. The van der Waals surface area contributed by atoms with Gasteiger partial charge in [0.15, 0.2) is 0 Å². The molecule has 3 atom stereocenters. The highest BCUT2D eigenvalue weighted by Crippen LogP contribution is 2.39. The second-order valence-corrected chi connectivity index (χ2v) is 8.28. The number of hydrogen-bond acceptors (Lipinski definition) is 2. The van der Waals surface area contributed by atoms with Crippen LogP contribution >= 0.6 is 0 Å². The standard InChI is InChI=1S/C22H31NO3/c1-2-12-22(21(25)26,13-17-8-4-3-5-9-17)14-20(24)23-15-18-10-6-7-11-19(18)16-23/h3-5,8-9,18-19H,2,6-7,10-16H2,1H3,(H,25,26)/t18-,19+,22?. The number of carboxylic acid groups (broad SMARTS) is 1. The molecule has 1 heterocycles. The lowest BCUT2D eigenvalue weighted by Crippen LogP contribution is -2.40. The fourth-order valence-corrected chi connectivity index (χ4v) is 4.97. The van der Waals surface area contributed by atoms with Gasteiger partial charge in [0.25, 0.3) is 0 Å². The van der Waals surface area contributed by atoms with Crippen LogP contribution in [0.5, 0.6) is 0 Å². The number of benzene rings is 1. The van der Waals surface area contributed by atoms with E-state index in [9.17, 15) is 14.7 Å². The van der Waals surface area contributed by atoms with Crippen LogP contribution < -0.4 is 0 Å². The molecule has 1 aliphatic heterocycles. The first kappa shape index (κ1) is 18.9. The summed E-state index contributed by atoms with van der Waals surface area (Å²) in [5.74, 6) is 0.457. The van der Waals surface area contributed by atoms with Crippen LogP contribution in [0.2, 0.25) is 0 Å². The second kappa shape index (κ2) is 8.24. The zero-order chi connectivity index (χ0) is 18.6. The van der Waals surface area contributed by atoms with Crippen molar-refractivity contribution in [2.75, 3.05) is 13.1 Å².